The summed E-state index contributed by atoms with van der Waals surface area (Å²) in [7, 11) is -4.67. The number of ether oxygens (including phenoxy) is 2. The number of hydrogen-bond donors (Lipinski definition) is 6. The first-order valence-corrected chi connectivity index (χ1v) is 10.3. The average molecular weight is 439 g/mol. The zero-order chi connectivity index (χ0) is 22.6. The van der Waals surface area contributed by atoms with Crippen molar-refractivity contribution in [1.29, 1.82) is 10.8 Å². The van der Waals surface area contributed by atoms with Crippen LogP contribution in [0.5, 0.6) is 11.5 Å². The summed E-state index contributed by atoms with van der Waals surface area (Å²) < 4.78 is 42.9. The van der Waals surface area contributed by atoms with Crippen molar-refractivity contribution in [2.45, 2.75) is 19.3 Å². The van der Waals surface area contributed by atoms with Gasteiger partial charge in [0.05, 0.1) is 13.2 Å². The Labute approximate surface area is 175 Å². The van der Waals surface area contributed by atoms with Crippen LogP contribution in [0.4, 0.5) is 0 Å². The van der Waals surface area contributed by atoms with Crippen molar-refractivity contribution in [3.05, 3.63) is 59.7 Å². The molecule has 10 nitrogen and oxygen atoms in total. The lowest BCUT2D eigenvalue weighted by Gasteiger charge is -2.08. The Morgan fingerprint density at radius 1 is 0.733 bits per heavy atom. The number of nitrogens with one attached hydrogen (secondary N) is 2. The minimum absolute atomic E-state index is 0.0579. The van der Waals surface area contributed by atoms with Gasteiger partial charge < -0.3 is 20.9 Å². The monoisotopic (exact) mass is 438 g/mol. The van der Waals surface area contributed by atoms with Gasteiger partial charge in [0.15, 0.2) is 0 Å². The molecule has 0 fully saturated rings. The van der Waals surface area contributed by atoms with Crippen LogP contribution in [0, 0.1) is 10.8 Å². The Hall–Kier alpha value is -3.15. The first-order chi connectivity index (χ1) is 14.1. The largest absolute Gasteiger partial charge is 0.494 e. The van der Waals surface area contributed by atoms with E-state index in [0.717, 1.165) is 30.8 Å². The summed E-state index contributed by atoms with van der Waals surface area (Å²) in [5.74, 6) is 1.68. The van der Waals surface area contributed by atoms with E-state index in [4.69, 9.17) is 49.3 Å². The fourth-order valence-electron chi connectivity index (χ4n) is 2.22. The van der Waals surface area contributed by atoms with Gasteiger partial charge in [-0.1, -0.05) is 0 Å². The highest BCUT2D eigenvalue weighted by molar-refractivity contribution is 7.79. The topological polar surface area (TPSA) is 193 Å². The van der Waals surface area contributed by atoms with E-state index >= 15 is 0 Å². The van der Waals surface area contributed by atoms with Crippen LogP contribution in [0.25, 0.3) is 0 Å². The number of benzene rings is 2. The molecule has 0 bridgehead atoms. The summed E-state index contributed by atoms with van der Waals surface area (Å²) in [4.78, 5) is 0. The van der Waals surface area contributed by atoms with E-state index in [0.29, 0.717) is 24.3 Å². The minimum Gasteiger partial charge on any atom is -0.494 e. The van der Waals surface area contributed by atoms with Gasteiger partial charge in [-0.3, -0.25) is 19.9 Å². The molecule has 0 heterocycles. The summed E-state index contributed by atoms with van der Waals surface area (Å²) in [5.41, 5.74) is 12.2. The summed E-state index contributed by atoms with van der Waals surface area (Å²) >= 11 is 0. The number of amidine groups is 2. The number of rotatable bonds is 10. The predicted molar refractivity (Wildman–Crippen MR) is 114 cm³/mol. The zero-order valence-corrected chi connectivity index (χ0v) is 17.1. The molecular weight excluding hydrogens is 412 g/mol. The van der Waals surface area contributed by atoms with Crippen molar-refractivity contribution in [2.24, 2.45) is 11.5 Å². The Balaban J connectivity index is 0.000000804. The van der Waals surface area contributed by atoms with Crippen LogP contribution in [0.3, 0.4) is 0 Å². The van der Waals surface area contributed by atoms with Gasteiger partial charge in [0.2, 0.25) is 0 Å². The number of unbranched alkanes of at least 4 members (excludes halogenated alkanes) is 2. The summed E-state index contributed by atoms with van der Waals surface area (Å²) in [6.45, 7) is 1.29. The molecule has 0 aliphatic carbocycles. The molecule has 30 heavy (non-hydrogen) atoms. The fraction of sp³-hybridized carbons (Fsp3) is 0.263. The van der Waals surface area contributed by atoms with Crippen molar-refractivity contribution < 1.29 is 27.0 Å². The van der Waals surface area contributed by atoms with Gasteiger partial charge in [-0.2, -0.15) is 8.42 Å². The Bertz CT molecular complexity index is 846. The second kappa shape index (κ2) is 12.4. The van der Waals surface area contributed by atoms with Gasteiger partial charge >= 0.3 is 10.4 Å². The molecule has 2 aromatic carbocycles. The highest BCUT2D eigenvalue weighted by atomic mass is 32.3. The minimum atomic E-state index is -4.67. The van der Waals surface area contributed by atoms with E-state index in [-0.39, 0.29) is 11.7 Å². The summed E-state index contributed by atoms with van der Waals surface area (Å²) in [6, 6.07) is 14.4. The molecule has 0 aliphatic rings. The molecule has 0 aromatic heterocycles. The van der Waals surface area contributed by atoms with Crippen molar-refractivity contribution in [3.63, 3.8) is 0 Å². The third kappa shape index (κ3) is 11.6. The molecule has 11 heteroatoms. The maximum atomic E-state index is 8.74. The van der Waals surface area contributed by atoms with Gasteiger partial charge in [0.1, 0.15) is 23.2 Å². The second-order valence-corrected chi connectivity index (χ2v) is 6.98. The molecule has 0 radical (unpaired) electrons. The van der Waals surface area contributed by atoms with Crippen LogP contribution in [0.2, 0.25) is 0 Å². The lowest BCUT2D eigenvalue weighted by atomic mass is 10.2. The molecule has 0 spiro atoms. The standard InChI is InChI=1S/C19H24N4O2.H2O4S/c20-18(21)14-4-8-16(9-5-14)24-12-2-1-3-13-25-17-10-6-15(7-11-17)19(22)23;1-5(2,3)4/h4-11H,1-3,12-13H2,(H3,20,21)(H3,22,23);(H2,1,2,3,4). The molecule has 0 saturated carbocycles. The lowest BCUT2D eigenvalue weighted by molar-refractivity contribution is 0.279. The van der Waals surface area contributed by atoms with Crippen LogP contribution < -0.4 is 20.9 Å². The van der Waals surface area contributed by atoms with E-state index in [1.807, 2.05) is 24.3 Å². The first kappa shape index (κ1) is 24.9. The van der Waals surface area contributed by atoms with E-state index in [1.165, 1.54) is 0 Å². The van der Waals surface area contributed by atoms with Gasteiger partial charge in [0.25, 0.3) is 0 Å². The van der Waals surface area contributed by atoms with Crippen LogP contribution in [0.15, 0.2) is 48.5 Å². The summed E-state index contributed by atoms with van der Waals surface area (Å²) in [6.07, 6.45) is 2.90. The third-order valence-corrected chi connectivity index (χ3v) is 3.66. The molecule has 2 rings (SSSR count). The Kier molecular flexibility index (Phi) is 10.3. The van der Waals surface area contributed by atoms with Crippen molar-refractivity contribution in [2.75, 3.05) is 13.2 Å². The molecule has 0 saturated heterocycles. The van der Waals surface area contributed by atoms with Crippen LogP contribution in [0.1, 0.15) is 30.4 Å². The SMILES string of the molecule is N=C(N)c1ccc(OCCCCCOc2ccc(C(=N)N)cc2)cc1.O=S(=O)(O)O. The van der Waals surface area contributed by atoms with E-state index < -0.39 is 10.4 Å². The van der Waals surface area contributed by atoms with Gasteiger partial charge in [0, 0.05) is 11.1 Å². The molecular formula is C19H26N4O6S. The Morgan fingerprint density at radius 2 is 1.03 bits per heavy atom. The maximum Gasteiger partial charge on any atom is 0.394 e. The maximum absolute atomic E-state index is 8.74. The molecule has 2 aromatic rings. The number of hydrogen-bond acceptors (Lipinski definition) is 6. The van der Waals surface area contributed by atoms with Crippen molar-refractivity contribution in [3.8, 4) is 11.5 Å². The highest BCUT2D eigenvalue weighted by Crippen LogP contribution is 2.14. The molecule has 0 atom stereocenters. The fourth-order valence-corrected chi connectivity index (χ4v) is 2.22. The molecule has 0 aliphatic heterocycles. The van der Waals surface area contributed by atoms with Crippen LogP contribution in [-0.2, 0) is 10.4 Å². The average Bonchev–Trinajstić information content (AvgIpc) is 2.66. The predicted octanol–water partition coefficient (Wildman–Crippen LogP) is 2.23. The number of nitrogen functional groups attached to an aromatic ring is 2. The van der Waals surface area contributed by atoms with Gasteiger partial charge in [-0.05, 0) is 67.8 Å². The van der Waals surface area contributed by atoms with Crippen LogP contribution >= 0.6 is 0 Å². The molecule has 0 unspecified atom stereocenters. The van der Waals surface area contributed by atoms with E-state index in [9.17, 15) is 0 Å². The van der Waals surface area contributed by atoms with E-state index in [2.05, 4.69) is 0 Å². The van der Waals surface area contributed by atoms with Crippen molar-refractivity contribution >= 4 is 22.1 Å². The zero-order valence-electron chi connectivity index (χ0n) is 16.2. The Morgan fingerprint density at radius 3 is 1.30 bits per heavy atom. The van der Waals surface area contributed by atoms with Crippen LogP contribution in [-0.4, -0.2) is 42.4 Å². The third-order valence-electron chi connectivity index (χ3n) is 3.66. The van der Waals surface area contributed by atoms with Crippen molar-refractivity contribution in [1.82, 2.24) is 0 Å². The first-order valence-electron chi connectivity index (χ1n) is 8.90. The summed E-state index contributed by atoms with van der Waals surface area (Å²) in [5, 5.41) is 14.7. The lowest BCUT2D eigenvalue weighted by Crippen LogP contribution is -2.10. The molecule has 0 amide bonds. The second-order valence-electron chi connectivity index (χ2n) is 6.08. The van der Waals surface area contributed by atoms with Gasteiger partial charge in [-0.25, -0.2) is 0 Å². The smallest absolute Gasteiger partial charge is 0.394 e. The quantitative estimate of drug-likeness (QED) is 0.141. The number of nitrogens with two attached hydrogens (primary N) is 2. The van der Waals surface area contributed by atoms with Gasteiger partial charge in [-0.15, -0.1) is 0 Å². The molecule has 8 N–H and O–H groups in total. The molecule has 164 valence electrons. The van der Waals surface area contributed by atoms with E-state index in [1.54, 1.807) is 24.3 Å². The normalized spacial score (nSPS) is 10.5. The highest BCUT2D eigenvalue weighted by Gasteiger charge is 1.99.